The zero-order valence-corrected chi connectivity index (χ0v) is 12.0. The molecule has 0 aliphatic carbocycles. The Balaban J connectivity index is 2.02. The number of rotatable bonds is 5. The molecule has 1 fully saturated rings. The van der Waals surface area contributed by atoms with Gasteiger partial charge in [0.25, 0.3) is 0 Å². The molecular formula is C16H24N2O. The van der Waals surface area contributed by atoms with Crippen LogP contribution < -0.4 is 0 Å². The molecule has 0 radical (unpaired) electrons. The van der Waals surface area contributed by atoms with Crippen molar-refractivity contribution in [3.8, 4) is 0 Å². The van der Waals surface area contributed by atoms with E-state index in [0.29, 0.717) is 5.91 Å². The van der Waals surface area contributed by atoms with Crippen molar-refractivity contribution in [3.63, 3.8) is 0 Å². The number of hydrogen-bond donors (Lipinski definition) is 0. The van der Waals surface area contributed by atoms with E-state index in [2.05, 4.69) is 43.0 Å². The average molecular weight is 260 g/mol. The van der Waals surface area contributed by atoms with E-state index in [0.717, 1.165) is 39.0 Å². The van der Waals surface area contributed by atoms with Crippen LogP contribution in [0.5, 0.6) is 0 Å². The second kappa shape index (κ2) is 6.71. The predicted molar refractivity (Wildman–Crippen MR) is 77.8 cm³/mol. The molecule has 0 N–H and O–H groups in total. The lowest BCUT2D eigenvalue weighted by molar-refractivity contribution is -0.135. The minimum Gasteiger partial charge on any atom is -0.342 e. The van der Waals surface area contributed by atoms with Gasteiger partial charge in [-0.2, -0.15) is 0 Å². The van der Waals surface area contributed by atoms with E-state index in [1.807, 2.05) is 11.0 Å². The monoisotopic (exact) mass is 260 g/mol. The second-order valence-corrected chi connectivity index (χ2v) is 5.12. The van der Waals surface area contributed by atoms with Crippen LogP contribution in [0.25, 0.3) is 0 Å². The summed E-state index contributed by atoms with van der Waals surface area (Å²) in [5.41, 5.74) is 1.29. The normalized spacial score (nSPS) is 19.6. The van der Waals surface area contributed by atoms with Gasteiger partial charge in [-0.05, 0) is 38.8 Å². The Morgan fingerprint density at radius 3 is 2.58 bits per heavy atom. The van der Waals surface area contributed by atoms with E-state index < -0.39 is 0 Å². The van der Waals surface area contributed by atoms with E-state index in [9.17, 15) is 4.79 Å². The zero-order chi connectivity index (χ0) is 13.7. The molecule has 0 aromatic heterocycles. The highest BCUT2D eigenvalue weighted by Gasteiger charge is 2.32. The summed E-state index contributed by atoms with van der Waals surface area (Å²) in [6, 6.07) is 10.5. The smallest absolute Gasteiger partial charge is 0.239 e. The molecular weight excluding hydrogens is 236 g/mol. The van der Waals surface area contributed by atoms with Crippen molar-refractivity contribution < 1.29 is 4.79 Å². The van der Waals surface area contributed by atoms with Crippen LogP contribution in [0.15, 0.2) is 30.3 Å². The highest BCUT2D eigenvalue weighted by molar-refractivity contribution is 5.82. The molecule has 2 rings (SSSR count). The third kappa shape index (κ3) is 3.35. The molecule has 1 aliphatic rings. The topological polar surface area (TPSA) is 23.6 Å². The van der Waals surface area contributed by atoms with Gasteiger partial charge in [0.2, 0.25) is 5.91 Å². The van der Waals surface area contributed by atoms with Gasteiger partial charge in [-0.15, -0.1) is 0 Å². The molecule has 1 aliphatic heterocycles. The Kier molecular flexibility index (Phi) is 4.97. The molecule has 1 atom stereocenters. The molecule has 0 saturated carbocycles. The van der Waals surface area contributed by atoms with Crippen LogP contribution in [0, 0.1) is 0 Å². The quantitative estimate of drug-likeness (QED) is 0.812. The number of hydrogen-bond acceptors (Lipinski definition) is 2. The van der Waals surface area contributed by atoms with Gasteiger partial charge in [-0.3, -0.25) is 9.69 Å². The minimum atomic E-state index is 0.0834. The molecule has 1 saturated heterocycles. The van der Waals surface area contributed by atoms with Crippen LogP contribution >= 0.6 is 0 Å². The third-order valence-corrected chi connectivity index (χ3v) is 3.95. The third-order valence-electron chi connectivity index (χ3n) is 3.95. The number of nitrogens with zero attached hydrogens (tertiary/aromatic N) is 2. The number of carbonyl (C=O) groups is 1. The van der Waals surface area contributed by atoms with Crippen LogP contribution in [0.3, 0.4) is 0 Å². The summed E-state index contributed by atoms with van der Waals surface area (Å²) in [7, 11) is 0. The predicted octanol–water partition coefficient (Wildman–Crippen LogP) is 2.52. The van der Waals surface area contributed by atoms with Gasteiger partial charge >= 0.3 is 0 Å². The summed E-state index contributed by atoms with van der Waals surface area (Å²) in [6.45, 7) is 7.65. The molecule has 1 heterocycles. The van der Waals surface area contributed by atoms with Gasteiger partial charge in [-0.1, -0.05) is 30.3 Å². The van der Waals surface area contributed by atoms with Crippen molar-refractivity contribution >= 4 is 5.91 Å². The first-order chi connectivity index (χ1) is 9.26. The maximum atomic E-state index is 12.5. The number of likely N-dealkylation sites (tertiary alicyclic amines) is 1. The molecule has 1 aromatic rings. The fourth-order valence-electron chi connectivity index (χ4n) is 2.86. The van der Waals surface area contributed by atoms with Gasteiger partial charge < -0.3 is 4.90 Å². The number of benzene rings is 1. The SMILES string of the molecule is CCN(CC)C(=O)[C@@H]1CCCN1Cc1ccccc1. The van der Waals surface area contributed by atoms with Crippen molar-refractivity contribution in [3.05, 3.63) is 35.9 Å². The molecule has 3 heteroatoms. The summed E-state index contributed by atoms with van der Waals surface area (Å²) in [4.78, 5) is 16.8. The van der Waals surface area contributed by atoms with Crippen molar-refractivity contribution in [2.45, 2.75) is 39.3 Å². The highest BCUT2D eigenvalue weighted by Crippen LogP contribution is 2.21. The van der Waals surface area contributed by atoms with Crippen molar-refractivity contribution in [2.24, 2.45) is 0 Å². The average Bonchev–Trinajstić information content (AvgIpc) is 2.89. The fourth-order valence-corrected chi connectivity index (χ4v) is 2.86. The zero-order valence-electron chi connectivity index (χ0n) is 12.0. The first-order valence-corrected chi connectivity index (χ1v) is 7.33. The van der Waals surface area contributed by atoms with Crippen LogP contribution in [0.4, 0.5) is 0 Å². The van der Waals surface area contributed by atoms with Crippen molar-refractivity contribution in [2.75, 3.05) is 19.6 Å². The lowest BCUT2D eigenvalue weighted by Gasteiger charge is -2.29. The van der Waals surface area contributed by atoms with Gasteiger partial charge in [-0.25, -0.2) is 0 Å². The number of likely N-dealkylation sites (N-methyl/N-ethyl adjacent to an activating group) is 1. The second-order valence-electron chi connectivity index (χ2n) is 5.12. The summed E-state index contributed by atoms with van der Waals surface area (Å²) in [6.07, 6.45) is 2.13. The largest absolute Gasteiger partial charge is 0.342 e. The fraction of sp³-hybridized carbons (Fsp3) is 0.562. The maximum absolute atomic E-state index is 12.5. The highest BCUT2D eigenvalue weighted by atomic mass is 16.2. The first-order valence-electron chi connectivity index (χ1n) is 7.33. The molecule has 0 spiro atoms. The van der Waals surface area contributed by atoms with Crippen LogP contribution in [0.1, 0.15) is 32.3 Å². The first kappa shape index (κ1) is 14.1. The Labute approximate surface area is 116 Å². The molecule has 1 amide bonds. The lowest BCUT2D eigenvalue weighted by Crippen LogP contribution is -2.45. The summed E-state index contributed by atoms with van der Waals surface area (Å²) in [5, 5.41) is 0. The van der Waals surface area contributed by atoms with Gasteiger partial charge in [0, 0.05) is 19.6 Å². The maximum Gasteiger partial charge on any atom is 0.239 e. The van der Waals surface area contributed by atoms with E-state index in [4.69, 9.17) is 0 Å². The van der Waals surface area contributed by atoms with E-state index >= 15 is 0 Å². The summed E-state index contributed by atoms with van der Waals surface area (Å²) < 4.78 is 0. The molecule has 0 bridgehead atoms. The van der Waals surface area contributed by atoms with Crippen LogP contribution in [0.2, 0.25) is 0 Å². The standard InChI is InChI=1S/C16H24N2O/c1-3-17(4-2)16(19)15-11-8-12-18(15)13-14-9-6-5-7-10-14/h5-7,9-10,15H,3-4,8,11-13H2,1-2H3/t15-/m0/s1. The molecule has 1 aromatic carbocycles. The Morgan fingerprint density at radius 1 is 1.26 bits per heavy atom. The Morgan fingerprint density at radius 2 is 1.95 bits per heavy atom. The number of amides is 1. The number of carbonyl (C=O) groups excluding carboxylic acids is 1. The van der Waals surface area contributed by atoms with E-state index in [1.165, 1.54) is 5.56 Å². The van der Waals surface area contributed by atoms with Crippen molar-refractivity contribution in [1.82, 2.24) is 9.80 Å². The Hall–Kier alpha value is -1.35. The van der Waals surface area contributed by atoms with Gasteiger partial charge in [0.05, 0.1) is 6.04 Å². The van der Waals surface area contributed by atoms with Crippen LogP contribution in [-0.4, -0.2) is 41.4 Å². The van der Waals surface area contributed by atoms with E-state index in [1.54, 1.807) is 0 Å². The molecule has 0 unspecified atom stereocenters. The van der Waals surface area contributed by atoms with Gasteiger partial charge in [0.1, 0.15) is 0 Å². The van der Waals surface area contributed by atoms with Gasteiger partial charge in [0.15, 0.2) is 0 Å². The van der Waals surface area contributed by atoms with Crippen LogP contribution in [-0.2, 0) is 11.3 Å². The molecule has 104 valence electrons. The van der Waals surface area contributed by atoms with E-state index in [-0.39, 0.29) is 6.04 Å². The summed E-state index contributed by atoms with van der Waals surface area (Å²) in [5.74, 6) is 0.304. The molecule has 19 heavy (non-hydrogen) atoms. The summed E-state index contributed by atoms with van der Waals surface area (Å²) >= 11 is 0. The van der Waals surface area contributed by atoms with Crippen molar-refractivity contribution in [1.29, 1.82) is 0 Å². The lowest BCUT2D eigenvalue weighted by atomic mass is 10.1. The minimum absolute atomic E-state index is 0.0834. The Bertz CT molecular complexity index is 400. The molecule has 3 nitrogen and oxygen atoms in total.